The van der Waals surface area contributed by atoms with Crippen LogP contribution >= 0.6 is 22.6 Å². The molecule has 8 heteroatoms. The minimum atomic E-state index is 0.307. The molecular formula is C21H25IN4O3. The van der Waals surface area contributed by atoms with Crippen LogP contribution in [0.2, 0.25) is 0 Å². The van der Waals surface area contributed by atoms with Gasteiger partial charge in [0.25, 0.3) is 0 Å². The normalized spacial score (nSPS) is 17.0. The molecular weight excluding hydrogens is 483 g/mol. The molecule has 0 amide bonds. The highest BCUT2D eigenvalue weighted by Crippen LogP contribution is 2.28. The molecule has 4 rings (SSSR count). The third kappa shape index (κ3) is 4.13. The summed E-state index contributed by atoms with van der Waals surface area (Å²) in [5.41, 5.74) is 3.07. The number of halogens is 1. The van der Waals surface area contributed by atoms with Gasteiger partial charge >= 0.3 is 0 Å². The average Bonchev–Trinajstić information content (AvgIpc) is 3.16. The second-order valence-electron chi connectivity index (χ2n) is 7.13. The second-order valence-corrected chi connectivity index (χ2v) is 7.90. The lowest BCUT2D eigenvalue weighted by Crippen LogP contribution is -2.44. The highest BCUT2D eigenvalue weighted by atomic mass is 127. The van der Waals surface area contributed by atoms with Crippen molar-refractivity contribution in [1.29, 1.82) is 0 Å². The molecule has 1 aliphatic rings. The van der Waals surface area contributed by atoms with Gasteiger partial charge in [-0.25, -0.2) is 4.98 Å². The summed E-state index contributed by atoms with van der Waals surface area (Å²) in [5, 5.41) is 5.87. The van der Waals surface area contributed by atoms with Gasteiger partial charge in [-0.05, 0) is 30.7 Å². The molecule has 7 nitrogen and oxygen atoms in total. The minimum absolute atomic E-state index is 0.307. The molecule has 3 aromatic rings. The Balaban J connectivity index is 1.69. The van der Waals surface area contributed by atoms with Gasteiger partial charge < -0.3 is 19.1 Å². The number of rotatable bonds is 6. The van der Waals surface area contributed by atoms with Crippen LogP contribution in [-0.2, 0) is 15.7 Å². The minimum Gasteiger partial charge on any atom is -0.497 e. The molecule has 1 unspecified atom stereocenters. The fourth-order valence-corrected chi connectivity index (χ4v) is 4.29. The molecule has 0 saturated carbocycles. The highest BCUT2D eigenvalue weighted by molar-refractivity contribution is 14.1. The lowest BCUT2D eigenvalue weighted by Gasteiger charge is -2.34. The van der Waals surface area contributed by atoms with E-state index in [9.17, 15) is 0 Å². The van der Waals surface area contributed by atoms with E-state index in [0.29, 0.717) is 12.6 Å². The van der Waals surface area contributed by atoms with Crippen LogP contribution in [0.5, 0.6) is 11.5 Å². The quantitative estimate of drug-likeness (QED) is 0.374. The number of nitrogens with zero attached hydrogens (tertiary/aromatic N) is 4. The Bertz CT molecular complexity index is 1010. The van der Waals surface area contributed by atoms with Gasteiger partial charge in [0, 0.05) is 34.2 Å². The number of morpholine rings is 1. The topological polar surface area (TPSA) is 61.6 Å². The molecule has 0 radical (unpaired) electrons. The van der Waals surface area contributed by atoms with Crippen molar-refractivity contribution in [3.05, 3.63) is 41.6 Å². The molecule has 1 aromatic carbocycles. The third-order valence-corrected chi connectivity index (χ3v) is 6.07. The number of aromatic nitrogens is 3. The zero-order chi connectivity index (χ0) is 20.4. The van der Waals surface area contributed by atoms with Crippen LogP contribution in [0.4, 0.5) is 5.82 Å². The Morgan fingerprint density at radius 1 is 1.21 bits per heavy atom. The fraction of sp³-hybridized carbons (Fsp3) is 0.429. The number of methoxy groups -OCH3 is 2. The summed E-state index contributed by atoms with van der Waals surface area (Å²) in [7, 11) is 3.32. The Hall–Kier alpha value is -2.07. The van der Waals surface area contributed by atoms with Crippen LogP contribution in [0, 0.1) is 0 Å². The summed E-state index contributed by atoms with van der Waals surface area (Å²) in [6.07, 6.45) is 2.08. The van der Waals surface area contributed by atoms with Crippen molar-refractivity contribution in [2.45, 2.75) is 23.9 Å². The Kier molecular flexibility index (Phi) is 6.09. The SMILES string of the molecule is COc1ccc(Cn2cc3c(CI)cc(N4CCOCC4C)nc3n2)c(OC)c1. The van der Waals surface area contributed by atoms with Crippen molar-refractivity contribution in [3.8, 4) is 11.5 Å². The number of hydrogen-bond acceptors (Lipinski definition) is 6. The molecule has 0 N–H and O–H groups in total. The molecule has 0 spiro atoms. The first-order valence-corrected chi connectivity index (χ1v) is 11.1. The maximum absolute atomic E-state index is 5.57. The standard InChI is InChI=1S/C21H25IN4O3/c1-14-13-29-7-6-26(14)20-8-16(10-22)18-12-25(24-21(18)23-20)11-15-4-5-17(27-2)9-19(15)28-3/h4-5,8-9,12,14H,6-7,10-11,13H2,1-3H3. The lowest BCUT2D eigenvalue weighted by atomic mass is 10.2. The highest BCUT2D eigenvalue weighted by Gasteiger charge is 2.22. The van der Waals surface area contributed by atoms with Gasteiger partial charge in [-0.1, -0.05) is 22.6 Å². The van der Waals surface area contributed by atoms with Crippen LogP contribution in [0.15, 0.2) is 30.5 Å². The number of hydrogen-bond donors (Lipinski definition) is 0. The number of anilines is 1. The molecule has 1 atom stereocenters. The van der Waals surface area contributed by atoms with Crippen LogP contribution in [0.3, 0.4) is 0 Å². The first-order chi connectivity index (χ1) is 14.1. The molecule has 1 saturated heterocycles. The molecule has 0 bridgehead atoms. The monoisotopic (exact) mass is 508 g/mol. The van der Waals surface area contributed by atoms with Gasteiger partial charge in [0.15, 0.2) is 5.65 Å². The van der Waals surface area contributed by atoms with Crippen LogP contribution in [0.25, 0.3) is 11.0 Å². The first kappa shape index (κ1) is 20.2. The molecule has 3 heterocycles. The summed E-state index contributed by atoms with van der Waals surface area (Å²) in [5.74, 6) is 2.54. The Morgan fingerprint density at radius 3 is 2.79 bits per heavy atom. The zero-order valence-electron chi connectivity index (χ0n) is 16.9. The van der Waals surface area contributed by atoms with Gasteiger partial charge in [-0.15, -0.1) is 0 Å². The van der Waals surface area contributed by atoms with Crippen LogP contribution < -0.4 is 14.4 Å². The Labute approximate surface area is 184 Å². The van der Waals surface area contributed by atoms with Gasteiger partial charge in [-0.2, -0.15) is 5.10 Å². The predicted octanol–water partition coefficient (Wildman–Crippen LogP) is 3.66. The summed E-state index contributed by atoms with van der Waals surface area (Å²) in [6.45, 7) is 5.08. The number of benzene rings is 1. The van der Waals surface area contributed by atoms with Gasteiger partial charge in [0.2, 0.25) is 0 Å². The van der Waals surface area contributed by atoms with Crippen LogP contribution in [0.1, 0.15) is 18.1 Å². The van der Waals surface area contributed by atoms with Crippen molar-refractivity contribution in [1.82, 2.24) is 14.8 Å². The third-order valence-electron chi connectivity index (χ3n) is 5.24. The van der Waals surface area contributed by atoms with E-state index in [1.165, 1.54) is 5.56 Å². The van der Waals surface area contributed by atoms with Crippen molar-refractivity contribution in [2.75, 3.05) is 38.9 Å². The van der Waals surface area contributed by atoms with E-state index in [1.54, 1.807) is 14.2 Å². The summed E-state index contributed by atoms with van der Waals surface area (Å²) < 4.78 is 19.2. The number of ether oxygens (including phenoxy) is 3. The second kappa shape index (κ2) is 8.74. The van der Waals surface area contributed by atoms with Gasteiger partial charge in [0.05, 0.1) is 40.0 Å². The smallest absolute Gasteiger partial charge is 0.183 e. The van der Waals surface area contributed by atoms with E-state index in [2.05, 4.69) is 46.7 Å². The largest absolute Gasteiger partial charge is 0.497 e. The van der Waals surface area contributed by atoms with Crippen molar-refractivity contribution >= 4 is 39.4 Å². The van der Waals surface area contributed by atoms with Crippen molar-refractivity contribution in [3.63, 3.8) is 0 Å². The molecule has 1 aliphatic heterocycles. The maximum Gasteiger partial charge on any atom is 0.183 e. The number of alkyl halides is 1. The average molecular weight is 508 g/mol. The molecule has 154 valence electrons. The summed E-state index contributed by atoms with van der Waals surface area (Å²) in [4.78, 5) is 7.18. The predicted molar refractivity (Wildman–Crippen MR) is 122 cm³/mol. The van der Waals surface area contributed by atoms with E-state index in [4.69, 9.17) is 24.3 Å². The van der Waals surface area contributed by atoms with Crippen molar-refractivity contribution < 1.29 is 14.2 Å². The molecule has 2 aromatic heterocycles. The van der Waals surface area contributed by atoms with E-state index < -0.39 is 0 Å². The first-order valence-electron chi connectivity index (χ1n) is 9.61. The summed E-state index contributed by atoms with van der Waals surface area (Å²) >= 11 is 2.40. The van der Waals surface area contributed by atoms with E-state index in [0.717, 1.165) is 58.1 Å². The summed E-state index contributed by atoms with van der Waals surface area (Å²) in [6, 6.07) is 8.34. The molecule has 0 aliphatic carbocycles. The Morgan fingerprint density at radius 2 is 2.07 bits per heavy atom. The van der Waals surface area contributed by atoms with E-state index in [1.807, 2.05) is 22.9 Å². The lowest BCUT2D eigenvalue weighted by molar-refractivity contribution is 0.0985. The zero-order valence-corrected chi connectivity index (χ0v) is 19.0. The number of fused-ring (bicyclic) bond motifs is 1. The van der Waals surface area contributed by atoms with Gasteiger partial charge in [0.1, 0.15) is 17.3 Å². The number of pyridine rings is 1. The molecule has 29 heavy (non-hydrogen) atoms. The molecule has 1 fully saturated rings. The van der Waals surface area contributed by atoms with E-state index in [-0.39, 0.29) is 0 Å². The van der Waals surface area contributed by atoms with Crippen molar-refractivity contribution in [2.24, 2.45) is 0 Å². The van der Waals surface area contributed by atoms with E-state index >= 15 is 0 Å². The van der Waals surface area contributed by atoms with Crippen LogP contribution in [-0.4, -0.2) is 54.8 Å². The maximum atomic E-state index is 5.57. The van der Waals surface area contributed by atoms with Gasteiger partial charge in [-0.3, -0.25) is 4.68 Å². The fourth-order valence-electron chi connectivity index (χ4n) is 3.66.